The molecule has 6 N–H and O–H groups in total. The molecule has 0 aliphatic carbocycles. The van der Waals surface area contributed by atoms with E-state index in [4.69, 9.17) is 32.7 Å². The fourth-order valence-corrected chi connectivity index (χ4v) is 0.730. The van der Waals surface area contributed by atoms with E-state index < -0.39 is 24.0 Å². The third-order valence-corrected chi connectivity index (χ3v) is 1.84. The molecule has 0 saturated heterocycles. The van der Waals surface area contributed by atoms with E-state index in [-0.39, 0.29) is 25.9 Å². The predicted molar refractivity (Wildman–Crippen MR) is 68.5 cm³/mol. The average Bonchev–Trinajstić information content (AvgIpc) is 2.39. The number of hydrogen-bond acceptors (Lipinski definition) is 6. The van der Waals surface area contributed by atoms with E-state index in [1.54, 1.807) is 0 Å². The van der Waals surface area contributed by atoms with Gasteiger partial charge < -0.3 is 21.7 Å². The summed E-state index contributed by atoms with van der Waals surface area (Å²) in [4.78, 5) is 25.0. The van der Waals surface area contributed by atoms with Gasteiger partial charge in [-0.15, -0.1) is 0 Å². The zero-order chi connectivity index (χ0) is 16.0. The molecule has 0 spiro atoms. The number of hydrogen-bond donors (Lipinski definition) is 4. The molecule has 12 nitrogen and oxygen atoms in total. The molecule has 20 heavy (non-hydrogen) atoms. The standard InChI is InChI=1S/2C4H8N4O2/c2*5-3(4(9)10)1-2-7-8-6/h2*3H,1-2,5H2,(H,9,10). The number of nitrogens with two attached hydrogens (primary N) is 2. The van der Waals surface area contributed by atoms with Gasteiger partial charge in [0.25, 0.3) is 0 Å². The number of carbonyl (C=O) groups is 2. The molecule has 0 aromatic rings. The maximum absolute atomic E-state index is 10.0. The second-order valence-corrected chi connectivity index (χ2v) is 3.38. The van der Waals surface area contributed by atoms with E-state index in [1.165, 1.54) is 0 Å². The van der Waals surface area contributed by atoms with Crippen LogP contribution in [0.1, 0.15) is 12.8 Å². The molecule has 0 aromatic heterocycles. The SMILES string of the molecule is [N-]=[N+]=NCCC(N)C(=O)O.[N-]=[N+]=NCCC(N)C(=O)O. The van der Waals surface area contributed by atoms with E-state index in [9.17, 15) is 9.59 Å². The van der Waals surface area contributed by atoms with Gasteiger partial charge in [0.15, 0.2) is 0 Å². The molecule has 112 valence electrons. The summed E-state index contributed by atoms with van der Waals surface area (Å²) in [6.45, 7) is 0.258. The van der Waals surface area contributed by atoms with Crippen molar-refractivity contribution in [1.82, 2.24) is 0 Å². The van der Waals surface area contributed by atoms with Crippen molar-refractivity contribution < 1.29 is 19.8 Å². The molecule has 0 heterocycles. The quantitative estimate of drug-likeness (QED) is 0.276. The van der Waals surface area contributed by atoms with Crippen LogP contribution in [0.3, 0.4) is 0 Å². The first-order chi connectivity index (χ1) is 9.36. The van der Waals surface area contributed by atoms with Gasteiger partial charge in [0, 0.05) is 22.9 Å². The Morgan fingerprint density at radius 1 is 0.950 bits per heavy atom. The molecule has 0 aliphatic heterocycles. The number of azide groups is 2. The van der Waals surface area contributed by atoms with Crippen molar-refractivity contribution in [3.05, 3.63) is 20.9 Å². The molecular weight excluding hydrogens is 272 g/mol. The minimum atomic E-state index is -1.08. The number of rotatable bonds is 8. The van der Waals surface area contributed by atoms with Crippen molar-refractivity contribution in [1.29, 1.82) is 0 Å². The average molecular weight is 288 g/mol. The molecule has 0 aromatic carbocycles. The predicted octanol–water partition coefficient (Wildman–Crippen LogP) is 0.197. The van der Waals surface area contributed by atoms with Crippen LogP contribution in [0.25, 0.3) is 20.9 Å². The molecule has 12 heteroatoms. The lowest BCUT2D eigenvalue weighted by molar-refractivity contribution is -0.139. The van der Waals surface area contributed by atoms with Crippen LogP contribution >= 0.6 is 0 Å². The normalized spacial score (nSPS) is 11.7. The summed E-state index contributed by atoms with van der Waals surface area (Å²) < 4.78 is 0. The second kappa shape index (κ2) is 12.9. The third kappa shape index (κ3) is 13.5. The van der Waals surface area contributed by atoms with Crippen LogP contribution in [-0.2, 0) is 9.59 Å². The summed E-state index contributed by atoms with van der Waals surface area (Å²) in [6, 6.07) is -1.85. The van der Waals surface area contributed by atoms with Gasteiger partial charge in [-0.05, 0) is 23.9 Å². The highest BCUT2D eigenvalue weighted by molar-refractivity contribution is 5.73. The molecule has 0 saturated carbocycles. The van der Waals surface area contributed by atoms with Crippen molar-refractivity contribution in [2.45, 2.75) is 24.9 Å². The van der Waals surface area contributed by atoms with Crippen LogP contribution in [0, 0.1) is 0 Å². The monoisotopic (exact) mass is 288 g/mol. The van der Waals surface area contributed by atoms with Gasteiger partial charge in [-0.3, -0.25) is 9.59 Å². The molecule has 0 radical (unpaired) electrons. The maximum atomic E-state index is 10.0. The summed E-state index contributed by atoms with van der Waals surface area (Å²) in [6.07, 6.45) is 0.360. The van der Waals surface area contributed by atoms with E-state index in [0.717, 1.165) is 0 Å². The smallest absolute Gasteiger partial charge is 0.320 e. The Labute approximate surface area is 113 Å². The highest BCUT2D eigenvalue weighted by Gasteiger charge is 2.09. The minimum absolute atomic E-state index is 0.129. The number of aliphatic carboxylic acids is 2. The van der Waals surface area contributed by atoms with Crippen LogP contribution in [0.5, 0.6) is 0 Å². The molecule has 2 atom stereocenters. The van der Waals surface area contributed by atoms with E-state index in [1.807, 2.05) is 0 Å². The van der Waals surface area contributed by atoms with Crippen LogP contribution in [-0.4, -0.2) is 47.3 Å². The molecule has 0 aliphatic rings. The maximum Gasteiger partial charge on any atom is 0.320 e. The van der Waals surface area contributed by atoms with Gasteiger partial charge in [-0.2, -0.15) is 0 Å². The Morgan fingerprint density at radius 2 is 1.25 bits per heavy atom. The summed E-state index contributed by atoms with van der Waals surface area (Å²) in [7, 11) is 0. The number of nitrogens with zero attached hydrogens (tertiary/aromatic N) is 6. The van der Waals surface area contributed by atoms with Crippen LogP contribution in [0.4, 0.5) is 0 Å². The van der Waals surface area contributed by atoms with Gasteiger partial charge in [-0.1, -0.05) is 10.2 Å². The molecule has 2 unspecified atom stereocenters. The summed E-state index contributed by atoms with van der Waals surface area (Å²) in [5, 5.41) is 22.7. The topological polar surface area (TPSA) is 224 Å². The first kappa shape index (κ1) is 19.8. The molecular formula is C8H16N8O4. The van der Waals surface area contributed by atoms with Gasteiger partial charge in [0.05, 0.1) is 0 Å². The van der Waals surface area contributed by atoms with E-state index in [0.29, 0.717) is 0 Å². The van der Waals surface area contributed by atoms with Crippen LogP contribution in [0.15, 0.2) is 10.2 Å². The molecule has 0 fully saturated rings. The third-order valence-electron chi connectivity index (χ3n) is 1.84. The Bertz CT molecular complexity index is 363. The van der Waals surface area contributed by atoms with Gasteiger partial charge >= 0.3 is 11.9 Å². The van der Waals surface area contributed by atoms with Gasteiger partial charge in [-0.25, -0.2) is 0 Å². The van der Waals surface area contributed by atoms with E-state index >= 15 is 0 Å². The molecule has 0 bridgehead atoms. The Hall–Kier alpha value is -2.52. The summed E-state index contributed by atoms with van der Waals surface area (Å²) in [5.74, 6) is -2.15. The Kier molecular flexibility index (Phi) is 12.8. The first-order valence-corrected chi connectivity index (χ1v) is 5.35. The lowest BCUT2D eigenvalue weighted by Crippen LogP contribution is -2.30. The fourth-order valence-electron chi connectivity index (χ4n) is 0.730. The number of carboxylic acids is 2. The Morgan fingerprint density at radius 3 is 1.45 bits per heavy atom. The van der Waals surface area contributed by atoms with Gasteiger partial charge in [0.1, 0.15) is 12.1 Å². The fraction of sp³-hybridized carbons (Fsp3) is 0.750. The lowest BCUT2D eigenvalue weighted by atomic mass is 10.2. The van der Waals surface area contributed by atoms with Gasteiger partial charge in [0.2, 0.25) is 0 Å². The van der Waals surface area contributed by atoms with E-state index in [2.05, 4.69) is 20.1 Å². The van der Waals surface area contributed by atoms with Crippen molar-refractivity contribution >= 4 is 11.9 Å². The lowest BCUT2D eigenvalue weighted by Gasteiger charge is -2.00. The van der Waals surface area contributed by atoms with Crippen molar-refractivity contribution in [2.24, 2.45) is 21.7 Å². The molecule has 0 amide bonds. The Balaban J connectivity index is 0. The first-order valence-electron chi connectivity index (χ1n) is 5.35. The zero-order valence-electron chi connectivity index (χ0n) is 10.5. The highest BCUT2D eigenvalue weighted by Crippen LogP contribution is 1.89. The zero-order valence-corrected chi connectivity index (χ0v) is 10.5. The largest absolute Gasteiger partial charge is 0.480 e. The number of carboxylic acid groups (broad SMARTS) is 2. The molecule has 0 rings (SSSR count). The highest BCUT2D eigenvalue weighted by atomic mass is 16.4. The van der Waals surface area contributed by atoms with Crippen molar-refractivity contribution in [2.75, 3.05) is 13.1 Å². The van der Waals surface area contributed by atoms with Crippen molar-refractivity contribution in [3.8, 4) is 0 Å². The summed E-state index contributed by atoms with van der Waals surface area (Å²) in [5.41, 5.74) is 25.7. The second-order valence-electron chi connectivity index (χ2n) is 3.38. The van der Waals surface area contributed by atoms with Crippen LogP contribution < -0.4 is 11.5 Å². The summed E-state index contributed by atoms with van der Waals surface area (Å²) >= 11 is 0. The van der Waals surface area contributed by atoms with Crippen molar-refractivity contribution in [3.63, 3.8) is 0 Å². The minimum Gasteiger partial charge on any atom is -0.480 e. The van der Waals surface area contributed by atoms with Crippen LogP contribution in [0.2, 0.25) is 0 Å².